The van der Waals surface area contributed by atoms with Gasteiger partial charge >= 0.3 is 0 Å². The number of nitrogens with two attached hydrogens (primary N) is 1. The Balaban J connectivity index is 4.28. The van der Waals surface area contributed by atoms with Crippen molar-refractivity contribution in [3.63, 3.8) is 0 Å². The Morgan fingerprint density at radius 3 is 1.83 bits per heavy atom. The maximum atomic E-state index is 11.3. The van der Waals surface area contributed by atoms with Gasteiger partial charge in [-0.1, -0.05) is 27.7 Å². The molecule has 0 saturated heterocycles. The molecule has 0 aromatic carbocycles. The Kier molecular flexibility index (Phi) is 9.02. The quantitative estimate of drug-likeness (QED) is 0.378. The number of hydrogen-bond acceptors (Lipinski definition) is 3. The summed E-state index contributed by atoms with van der Waals surface area (Å²) in [5.41, 5.74) is 2.21. The minimum Gasteiger partial charge on any atom is -0.300 e. The Labute approximate surface area is 112 Å². The van der Waals surface area contributed by atoms with Gasteiger partial charge in [-0.15, -0.1) is 0 Å². The predicted molar refractivity (Wildman–Crippen MR) is 76.9 cm³/mol. The van der Waals surface area contributed by atoms with Crippen molar-refractivity contribution in [3.05, 3.63) is 0 Å². The van der Waals surface area contributed by atoms with Crippen LogP contribution in [0.1, 0.15) is 53.9 Å². The van der Waals surface area contributed by atoms with Crippen LogP contribution in [0.15, 0.2) is 0 Å². The molecule has 0 radical (unpaired) electrons. The van der Waals surface area contributed by atoms with E-state index in [-0.39, 0.29) is 11.9 Å². The minimum absolute atomic E-state index is 0.0819. The van der Waals surface area contributed by atoms with Gasteiger partial charge < -0.3 is 4.90 Å². The monoisotopic (exact) mass is 257 g/mol. The molecule has 0 bridgehead atoms. The summed E-state index contributed by atoms with van der Waals surface area (Å²) >= 11 is 0. The molecule has 0 rings (SSSR count). The molecular formula is C14H31N3O. The van der Waals surface area contributed by atoms with Crippen molar-refractivity contribution in [1.82, 2.24) is 10.3 Å². The molecule has 0 aliphatic rings. The van der Waals surface area contributed by atoms with Gasteiger partial charge in [-0.25, -0.2) is 5.84 Å². The molecule has 4 heteroatoms. The SMILES string of the molecule is CC(C)CCN(CCC(C)C)C(C)CC(=O)NN. The molecule has 1 amide bonds. The molecule has 1 atom stereocenters. The summed E-state index contributed by atoms with van der Waals surface area (Å²) < 4.78 is 0. The van der Waals surface area contributed by atoms with Crippen LogP contribution in [0.3, 0.4) is 0 Å². The van der Waals surface area contributed by atoms with Crippen LogP contribution in [0, 0.1) is 11.8 Å². The van der Waals surface area contributed by atoms with Crippen molar-refractivity contribution in [2.45, 2.75) is 59.9 Å². The first-order valence-corrected chi connectivity index (χ1v) is 7.10. The van der Waals surface area contributed by atoms with E-state index in [1.807, 2.05) is 0 Å². The van der Waals surface area contributed by atoms with Gasteiger partial charge in [0.1, 0.15) is 0 Å². The Morgan fingerprint density at radius 2 is 1.50 bits per heavy atom. The summed E-state index contributed by atoms with van der Waals surface area (Å²) in [6.07, 6.45) is 2.83. The lowest BCUT2D eigenvalue weighted by Gasteiger charge is -2.30. The summed E-state index contributed by atoms with van der Waals surface area (Å²) in [6, 6.07) is 0.256. The highest BCUT2D eigenvalue weighted by Crippen LogP contribution is 2.11. The molecule has 18 heavy (non-hydrogen) atoms. The van der Waals surface area contributed by atoms with Crippen molar-refractivity contribution in [2.75, 3.05) is 13.1 Å². The average molecular weight is 257 g/mol. The van der Waals surface area contributed by atoms with Crippen molar-refractivity contribution in [3.8, 4) is 0 Å². The van der Waals surface area contributed by atoms with Crippen molar-refractivity contribution in [1.29, 1.82) is 0 Å². The zero-order valence-corrected chi connectivity index (χ0v) is 12.7. The molecule has 3 N–H and O–H groups in total. The number of amides is 1. The molecule has 0 aliphatic heterocycles. The zero-order valence-electron chi connectivity index (χ0n) is 12.7. The van der Waals surface area contributed by atoms with E-state index >= 15 is 0 Å². The first-order valence-electron chi connectivity index (χ1n) is 7.10. The maximum Gasteiger partial charge on any atom is 0.235 e. The molecule has 0 saturated carbocycles. The van der Waals surface area contributed by atoms with E-state index in [1.165, 1.54) is 12.8 Å². The summed E-state index contributed by atoms with van der Waals surface area (Å²) in [7, 11) is 0. The number of carbonyl (C=O) groups excluding carboxylic acids is 1. The molecule has 1 unspecified atom stereocenters. The zero-order chi connectivity index (χ0) is 14.1. The van der Waals surface area contributed by atoms with Crippen molar-refractivity contribution in [2.24, 2.45) is 17.7 Å². The second kappa shape index (κ2) is 9.34. The summed E-state index contributed by atoms with van der Waals surface area (Å²) in [5.74, 6) is 6.46. The van der Waals surface area contributed by atoms with Crippen LogP contribution < -0.4 is 11.3 Å². The van der Waals surface area contributed by atoms with Crippen LogP contribution in [-0.4, -0.2) is 29.9 Å². The first kappa shape index (κ1) is 17.4. The van der Waals surface area contributed by atoms with Crippen LogP contribution in [0.4, 0.5) is 0 Å². The third kappa shape index (κ3) is 8.48. The predicted octanol–water partition coefficient (Wildman–Crippen LogP) is 2.15. The highest BCUT2D eigenvalue weighted by molar-refractivity contribution is 5.75. The second-order valence-corrected chi connectivity index (χ2v) is 6.02. The number of carbonyl (C=O) groups is 1. The topological polar surface area (TPSA) is 58.4 Å². The van der Waals surface area contributed by atoms with Crippen LogP contribution in [0.25, 0.3) is 0 Å². The van der Waals surface area contributed by atoms with Gasteiger partial charge in [0.15, 0.2) is 0 Å². The fraction of sp³-hybridized carbons (Fsp3) is 0.929. The van der Waals surface area contributed by atoms with E-state index in [2.05, 4.69) is 44.9 Å². The number of hydrazine groups is 1. The van der Waals surface area contributed by atoms with Crippen LogP contribution in [-0.2, 0) is 4.79 Å². The molecule has 4 nitrogen and oxygen atoms in total. The van der Waals surface area contributed by atoms with Gasteiger partial charge in [-0.3, -0.25) is 10.2 Å². The third-order valence-corrected chi connectivity index (χ3v) is 3.25. The van der Waals surface area contributed by atoms with Gasteiger partial charge in [0, 0.05) is 12.5 Å². The maximum absolute atomic E-state index is 11.3. The summed E-state index contributed by atoms with van der Waals surface area (Å²) in [4.78, 5) is 13.8. The van der Waals surface area contributed by atoms with Crippen LogP contribution in [0.5, 0.6) is 0 Å². The lowest BCUT2D eigenvalue weighted by atomic mass is 10.1. The fourth-order valence-electron chi connectivity index (χ4n) is 1.86. The molecule has 0 aliphatic carbocycles. The van der Waals surface area contributed by atoms with Gasteiger partial charge in [0.2, 0.25) is 5.91 Å². The van der Waals surface area contributed by atoms with E-state index < -0.39 is 0 Å². The molecule has 0 fully saturated rings. The standard InChI is InChI=1S/C14H31N3O/c1-11(2)6-8-17(9-7-12(3)4)13(5)10-14(18)16-15/h11-13H,6-10,15H2,1-5H3,(H,16,18). The van der Waals surface area contributed by atoms with Gasteiger partial charge in [-0.2, -0.15) is 0 Å². The molecule has 0 aromatic heterocycles. The van der Waals surface area contributed by atoms with Gasteiger partial charge in [-0.05, 0) is 44.7 Å². The van der Waals surface area contributed by atoms with E-state index in [9.17, 15) is 4.79 Å². The highest BCUT2D eigenvalue weighted by Gasteiger charge is 2.17. The first-order chi connectivity index (χ1) is 8.36. The molecule has 108 valence electrons. The Morgan fingerprint density at radius 1 is 1.06 bits per heavy atom. The van der Waals surface area contributed by atoms with E-state index in [0.29, 0.717) is 18.3 Å². The van der Waals surface area contributed by atoms with Gasteiger partial charge in [0.25, 0.3) is 0 Å². The molecule has 0 aromatic rings. The van der Waals surface area contributed by atoms with E-state index in [4.69, 9.17) is 5.84 Å². The van der Waals surface area contributed by atoms with Crippen molar-refractivity contribution < 1.29 is 4.79 Å². The van der Waals surface area contributed by atoms with Crippen molar-refractivity contribution >= 4 is 5.91 Å². The number of nitrogens with zero attached hydrogens (tertiary/aromatic N) is 1. The van der Waals surface area contributed by atoms with Crippen LogP contribution >= 0.6 is 0 Å². The third-order valence-electron chi connectivity index (χ3n) is 3.25. The van der Waals surface area contributed by atoms with Gasteiger partial charge in [0.05, 0.1) is 0 Å². The lowest BCUT2D eigenvalue weighted by Crippen LogP contribution is -2.41. The fourth-order valence-corrected chi connectivity index (χ4v) is 1.86. The molecule has 0 heterocycles. The summed E-state index contributed by atoms with van der Waals surface area (Å²) in [6.45, 7) is 13.2. The van der Waals surface area contributed by atoms with E-state index in [0.717, 1.165) is 13.1 Å². The molecular weight excluding hydrogens is 226 g/mol. The largest absolute Gasteiger partial charge is 0.300 e. The normalized spacial score (nSPS) is 13.4. The Hall–Kier alpha value is -0.610. The van der Waals surface area contributed by atoms with Crippen LogP contribution in [0.2, 0.25) is 0 Å². The Bertz CT molecular complexity index is 217. The number of hydrogen-bond donors (Lipinski definition) is 2. The molecule has 0 spiro atoms. The smallest absolute Gasteiger partial charge is 0.235 e. The summed E-state index contributed by atoms with van der Waals surface area (Å²) in [5, 5.41) is 0. The number of rotatable bonds is 9. The second-order valence-electron chi connectivity index (χ2n) is 6.02. The average Bonchev–Trinajstić information content (AvgIpc) is 2.27. The van der Waals surface area contributed by atoms with E-state index in [1.54, 1.807) is 0 Å². The number of nitrogens with one attached hydrogen (secondary N) is 1. The highest BCUT2D eigenvalue weighted by atomic mass is 16.2. The lowest BCUT2D eigenvalue weighted by molar-refractivity contribution is -0.122. The minimum atomic E-state index is -0.0819.